The molecular formula is C17H13BrN2S3. The normalized spacial score (nSPS) is 11.5. The number of aryl methyl sites for hydroxylation is 3. The van der Waals surface area contributed by atoms with Crippen LogP contribution in [0.15, 0.2) is 28.1 Å². The van der Waals surface area contributed by atoms with E-state index in [1.165, 1.54) is 24.4 Å². The van der Waals surface area contributed by atoms with Crippen molar-refractivity contribution in [3.05, 3.63) is 44.3 Å². The summed E-state index contributed by atoms with van der Waals surface area (Å²) >= 11 is 8.92. The number of rotatable bonds is 2. The maximum absolute atomic E-state index is 4.86. The molecule has 0 N–H and O–H groups in total. The van der Waals surface area contributed by atoms with Crippen molar-refractivity contribution in [1.82, 2.24) is 9.97 Å². The van der Waals surface area contributed by atoms with Gasteiger partial charge in [-0.25, -0.2) is 9.97 Å². The van der Waals surface area contributed by atoms with Crippen molar-refractivity contribution in [3.63, 3.8) is 0 Å². The van der Waals surface area contributed by atoms with Crippen molar-refractivity contribution < 1.29 is 0 Å². The number of aromatic nitrogens is 2. The van der Waals surface area contributed by atoms with Gasteiger partial charge in [0.2, 0.25) is 0 Å². The zero-order chi connectivity index (χ0) is 16.1. The zero-order valence-corrected chi connectivity index (χ0v) is 16.8. The first-order chi connectivity index (χ1) is 11.0. The summed E-state index contributed by atoms with van der Waals surface area (Å²) in [5, 5.41) is 0. The summed E-state index contributed by atoms with van der Waals surface area (Å²) in [5.74, 6) is 0. The van der Waals surface area contributed by atoms with Gasteiger partial charge in [0.05, 0.1) is 24.9 Å². The maximum atomic E-state index is 4.86. The second-order valence-electron chi connectivity index (χ2n) is 5.37. The molecule has 0 saturated carbocycles. The van der Waals surface area contributed by atoms with Gasteiger partial charge in [-0.3, -0.25) is 0 Å². The molecule has 4 heterocycles. The van der Waals surface area contributed by atoms with E-state index in [-0.39, 0.29) is 0 Å². The minimum atomic E-state index is 1.00. The largest absolute Gasteiger partial charge is 0.248 e. The summed E-state index contributed by atoms with van der Waals surface area (Å²) in [5.41, 5.74) is 4.05. The summed E-state index contributed by atoms with van der Waals surface area (Å²) in [6, 6.07) is 8.60. The summed E-state index contributed by atoms with van der Waals surface area (Å²) in [4.78, 5) is 16.0. The lowest BCUT2D eigenvalue weighted by Crippen LogP contribution is -1.92. The van der Waals surface area contributed by atoms with E-state index >= 15 is 0 Å². The van der Waals surface area contributed by atoms with E-state index in [1.807, 2.05) is 25.2 Å². The average Bonchev–Trinajstić information content (AvgIpc) is 3.19. The molecule has 4 aromatic heterocycles. The lowest BCUT2D eigenvalue weighted by molar-refractivity contribution is 1.11. The molecule has 0 aliphatic rings. The van der Waals surface area contributed by atoms with Gasteiger partial charge in [0, 0.05) is 14.6 Å². The molecule has 4 rings (SSSR count). The van der Waals surface area contributed by atoms with Gasteiger partial charge in [0.25, 0.3) is 0 Å². The summed E-state index contributed by atoms with van der Waals surface area (Å²) in [6.45, 7) is 6.20. The highest BCUT2D eigenvalue weighted by Crippen LogP contribution is 2.46. The molecule has 2 nitrogen and oxygen atoms in total. The Morgan fingerprint density at radius 3 is 1.78 bits per heavy atom. The fourth-order valence-electron chi connectivity index (χ4n) is 2.45. The third-order valence-corrected chi connectivity index (χ3v) is 7.85. The van der Waals surface area contributed by atoms with Crippen molar-refractivity contribution in [2.75, 3.05) is 0 Å². The second kappa shape index (κ2) is 5.77. The summed E-state index contributed by atoms with van der Waals surface area (Å²) in [7, 11) is 0. The van der Waals surface area contributed by atoms with Gasteiger partial charge in [-0.15, -0.1) is 34.0 Å². The summed E-state index contributed by atoms with van der Waals surface area (Å²) in [6.07, 6.45) is 0. The first kappa shape index (κ1) is 15.4. The second-order valence-corrected chi connectivity index (χ2v) is 10.1. The Bertz CT molecular complexity index is 946. The van der Waals surface area contributed by atoms with Crippen LogP contribution in [0.3, 0.4) is 0 Å². The minimum absolute atomic E-state index is 1.00. The van der Waals surface area contributed by atoms with E-state index < -0.39 is 0 Å². The van der Waals surface area contributed by atoms with Crippen LogP contribution >= 0.6 is 49.9 Å². The van der Waals surface area contributed by atoms with Crippen LogP contribution < -0.4 is 0 Å². The number of thiophene rings is 3. The Balaban J connectivity index is 2.05. The van der Waals surface area contributed by atoms with Gasteiger partial charge < -0.3 is 0 Å². The molecule has 0 aromatic carbocycles. The van der Waals surface area contributed by atoms with Crippen LogP contribution in [-0.2, 0) is 0 Å². The van der Waals surface area contributed by atoms with Gasteiger partial charge in [-0.1, -0.05) is 0 Å². The highest BCUT2D eigenvalue weighted by molar-refractivity contribution is 9.11. The number of nitrogens with zero attached hydrogens (tertiary/aromatic N) is 2. The van der Waals surface area contributed by atoms with Gasteiger partial charge in [0.1, 0.15) is 11.0 Å². The Morgan fingerprint density at radius 2 is 1.30 bits per heavy atom. The number of hydrogen-bond donors (Lipinski definition) is 0. The highest BCUT2D eigenvalue weighted by atomic mass is 79.9. The van der Waals surface area contributed by atoms with Gasteiger partial charge in [-0.05, 0) is 61.0 Å². The predicted molar refractivity (Wildman–Crippen MR) is 106 cm³/mol. The fourth-order valence-corrected chi connectivity index (χ4v) is 6.10. The van der Waals surface area contributed by atoms with E-state index in [2.05, 4.69) is 47.1 Å². The zero-order valence-electron chi connectivity index (χ0n) is 12.8. The molecule has 0 radical (unpaired) electrons. The smallest absolute Gasteiger partial charge is 0.109 e. The Labute approximate surface area is 155 Å². The lowest BCUT2D eigenvalue weighted by atomic mass is 10.2. The highest BCUT2D eigenvalue weighted by Gasteiger charge is 2.20. The van der Waals surface area contributed by atoms with E-state index in [1.54, 1.807) is 22.7 Å². The number of hydrogen-bond acceptors (Lipinski definition) is 5. The third-order valence-electron chi connectivity index (χ3n) is 3.70. The van der Waals surface area contributed by atoms with E-state index in [9.17, 15) is 0 Å². The molecule has 0 amide bonds. The molecule has 0 bridgehead atoms. The van der Waals surface area contributed by atoms with Crippen LogP contribution in [-0.4, -0.2) is 9.97 Å². The Hall–Kier alpha value is -1.08. The monoisotopic (exact) mass is 420 g/mol. The third kappa shape index (κ3) is 2.67. The van der Waals surface area contributed by atoms with Crippen molar-refractivity contribution in [1.29, 1.82) is 0 Å². The molecule has 0 fully saturated rings. The number of halogens is 1. The van der Waals surface area contributed by atoms with Crippen molar-refractivity contribution in [3.8, 4) is 19.5 Å². The topological polar surface area (TPSA) is 25.8 Å². The molecule has 0 spiro atoms. The average molecular weight is 421 g/mol. The molecule has 0 aliphatic carbocycles. The van der Waals surface area contributed by atoms with Crippen molar-refractivity contribution in [2.45, 2.75) is 20.8 Å². The minimum Gasteiger partial charge on any atom is -0.248 e. The van der Waals surface area contributed by atoms with Gasteiger partial charge >= 0.3 is 0 Å². The van der Waals surface area contributed by atoms with Gasteiger partial charge in [0.15, 0.2) is 0 Å². The standard InChI is InChI=1S/C17H13BrN2S3/c1-8-4-5-11(21-8)16-14-15(20-10(3)9(2)19-14)17(23-16)12-6-7-13(18)22-12/h4-7H,1-3H3. The Kier molecular flexibility index (Phi) is 3.88. The van der Waals surface area contributed by atoms with Crippen LogP contribution in [0.5, 0.6) is 0 Å². The number of fused-ring (bicyclic) bond motifs is 1. The molecule has 0 atom stereocenters. The van der Waals surface area contributed by atoms with Crippen LogP contribution in [0.2, 0.25) is 0 Å². The van der Waals surface area contributed by atoms with Crippen LogP contribution in [0.4, 0.5) is 0 Å². The van der Waals surface area contributed by atoms with Crippen LogP contribution in [0.1, 0.15) is 16.3 Å². The SMILES string of the molecule is Cc1ccc(-c2sc(-c3ccc(Br)s3)c3nc(C)c(C)nc23)s1. The van der Waals surface area contributed by atoms with Crippen molar-refractivity contribution >= 4 is 61.0 Å². The lowest BCUT2D eigenvalue weighted by Gasteiger charge is -2.00. The molecule has 6 heteroatoms. The molecule has 23 heavy (non-hydrogen) atoms. The quantitative estimate of drug-likeness (QED) is 0.354. The van der Waals surface area contributed by atoms with E-state index in [0.29, 0.717) is 0 Å². The van der Waals surface area contributed by atoms with E-state index in [0.717, 1.165) is 26.2 Å². The molecule has 0 unspecified atom stereocenters. The fraction of sp³-hybridized carbons (Fsp3) is 0.176. The first-order valence-electron chi connectivity index (χ1n) is 7.13. The summed E-state index contributed by atoms with van der Waals surface area (Å²) < 4.78 is 1.14. The van der Waals surface area contributed by atoms with Crippen molar-refractivity contribution in [2.24, 2.45) is 0 Å². The molecule has 0 aliphatic heterocycles. The molecule has 116 valence electrons. The van der Waals surface area contributed by atoms with Crippen LogP contribution in [0.25, 0.3) is 30.5 Å². The van der Waals surface area contributed by atoms with Gasteiger partial charge in [-0.2, -0.15) is 0 Å². The van der Waals surface area contributed by atoms with E-state index in [4.69, 9.17) is 9.97 Å². The molecule has 4 aromatic rings. The first-order valence-corrected chi connectivity index (χ1v) is 10.4. The molecule has 0 saturated heterocycles. The maximum Gasteiger partial charge on any atom is 0.109 e. The van der Waals surface area contributed by atoms with Crippen LogP contribution in [0, 0.1) is 20.8 Å². The molecular weight excluding hydrogens is 408 g/mol. The Morgan fingerprint density at radius 1 is 0.739 bits per heavy atom. The predicted octanol–water partition coefficient (Wildman–Crippen LogP) is 6.84.